The molecular formula is C19H20FN3O3. The Kier molecular flexibility index (Phi) is 4.34. The zero-order chi connectivity index (χ0) is 18.1. The lowest BCUT2D eigenvalue weighted by molar-refractivity contribution is -0.126. The fraction of sp³-hybridized carbons (Fsp3) is 0.368. The van der Waals surface area contributed by atoms with Crippen molar-refractivity contribution in [2.45, 2.75) is 24.0 Å². The van der Waals surface area contributed by atoms with Crippen LogP contribution in [0.4, 0.5) is 4.39 Å². The second-order valence-corrected chi connectivity index (χ2v) is 6.91. The summed E-state index contributed by atoms with van der Waals surface area (Å²) in [5.74, 6) is -0.458. The number of imidazole rings is 1. The SMILES string of the molecule is O=C(/C=C/c1cnc[nH]1)N1C[C@@H](O)[C@@]2(C[C@@H](c3cccc(F)c3)CO2)C1. The normalized spacial score (nSPS) is 28.5. The fourth-order valence-corrected chi connectivity index (χ4v) is 3.78. The highest BCUT2D eigenvalue weighted by Gasteiger charge is 2.53. The van der Waals surface area contributed by atoms with Crippen molar-refractivity contribution in [3.63, 3.8) is 0 Å². The van der Waals surface area contributed by atoms with E-state index in [0.29, 0.717) is 19.6 Å². The van der Waals surface area contributed by atoms with Gasteiger partial charge in [-0.2, -0.15) is 0 Å². The van der Waals surface area contributed by atoms with Gasteiger partial charge in [0.25, 0.3) is 0 Å². The van der Waals surface area contributed by atoms with E-state index < -0.39 is 11.7 Å². The van der Waals surface area contributed by atoms with Crippen molar-refractivity contribution in [1.82, 2.24) is 14.9 Å². The molecule has 1 amide bonds. The Bertz CT molecular complexity index is 823. The highest BCUT2D eigenvalue weighted by atomic mass is 19.1. The summed E-state index contributed by atoms with van der Waals surface area (Å²) in [5.41, 5.74) is 0.808. The molecule has 6 nitrogen and oxygen atoms in total. The van der Waals surface area contributed by atoms with Gasteiger partial charge in [0.2, 0.25) is 5.91 Å². The number of aromatic amines is 1. The highest BCUT2D eigenvalue weighted by Crippen LogP contribution is 2.42. The fourth-order valence-electron chi connectivity index (χ4n) is 3.78. The minimum absolute atomic E-state index is 0.0101. The molecule has 3 heterocycles. The third-order valence-electron chi connectivity index (χ3n) is 5.18. The van der Waals surface area contributed by atoms with Gasteiger partial charge < -0.3 is 19.7 Å². The minimum atomic E-state index is -0.783. The molecule has 0 radical (unpaired) electrons. The molecule has 3 atom stereocenters. The predicted octanol–water partition coefficient (Wildman–Crippen LogP) is 1.71. The molecule has 1 aromatic carbocycles. The van der Waals surface area contributed by atoms with E-state index in [1.54, 1.807) is 23.2 Å². The van der Waals surface area contributed by atoms with E-state index in [-0.39, 0.29) is 24.2 Å². The number of amides is 1. The number of hydrogen-bond acceptors (Lipinski definition) is 4. The summed E-state index contributed by atoms with van der Waals surface area (Å²) in [5, 5.41) is 10.5. The monoisotopic (exact) mass is 357 g/mol. The number of aliphatic hydroxyl groups excluding tert-OH is 1. The van der Waals surface area contributed by atoms with Crippen LogP contribution in [0.2, 0.25) is 0 Å². The largest absolute Gasteiger partial charge is 0.388 e. The van der Waals surface area contributed by atoms with E-state index in [0.717, 1.165) is 11.3 Å². The Balaban J connectivity index is 1.44. The van der Waals surface area contributed by atoms with Crippen LogP contribution in [0.3, 0.4) is 0 Å². The lowest BCUT2D eigenvalue weighted by Gasteiger charge is -2.25. The van der Waals surface area contributed by atoms with E-state index >= 15 is 0 Å². The number of ether oxygens (including phenoxy) is 1. The number of likely N-dealkylation sites (tertiary alicyclic amines) is 1. The minimum Gasteiger partial charge on any atom is -0.388 e. The summed E-state index contributed by atoms with van der Waals surface area (Å²) in [7, 11) is 0. The number of aromatic nitrogens is 2. The number of hydrogen-bond donors (Lipinski definition) is 2. The lowest BCUT2D eigenvalue weighted by Crippen LogP contribution is -2.41. The number of nitrogens with zero attached hydrogens (tertiary/aromatic N) is 2. The van der Waals surface area contributed by atoms with Crippen LogP contribution in [0, 0.1) is 5.82 Å². The van der Waals surface area contributed by atoms with Gasteiger partial charge in [0.05, 0.1) is 31.4 Å². The molecule has 0 unspecified atom stereocenters. The third kappa shape index (κ3) is 3.15. The number of β-amino-alcohol motifs (C(OH)–C–C–N with tert-alkyl or cyclic N) is 1. The van der Waals surface area contributed by atoms with Crippen molar-refractivity contribution in [2.75, 3.05) is 19.7 Å². The van der Waals surface area contributed by atoms with Gasteiger partial charge in [-0.3, -0.25) is 4.79 Å². The van der Waals surface area contributed by atoms with Gasteiger partial charge in [-0.25, -0.2) is 9.37 Å². The summed E-state index contributed by atoms with van der Waals surface area (Å²) < 4.78 is 19.4. The molecule has 2 fully saturated rings. The number of aliphatic hydroxyl groups is 1. The number of rotatable bonds is 3. The van der Waals surface area contributed by atoms with Gasteiger partial charge >= 0.3 is 0 Å². The number of carbonyl (C=O) groups is 1. The molecule has 1 aromatic heterocycles. The van der Waals surface area contributed by atoms with Crippen molar-refractivity contribution in [2.24, 2.45) is 0 Å². The summed E-state index contributed by atoms with van der Waals surface area (Å²) in [4.78, 5) is 20.8. The molecule has 4 rings (SSSR count). The topological polar surface area (TPSA) is 78.5 Å². The maximum atomic E-state index is 13.5. The van der Waals surface area contributed by atoms with Gasteiger partial charge in [-0.05, 0) is 30.2 Å². The average Bonchev–Trinajstić information content (AvgIpc) is 3.35. The number of nitrogens with one attached hydrogen (secondary N) is 1. The molecule has 0 bridgehead atoms. The molecule has 2 aromatic rings. The maximum Gasteiger partial charge on any atom is 0.246 e. The zero-order valence-electron chi connectivity index (χ0n) is 14.1. The molecule has 2 aliphatic heterocycles. The van der Waals surface area contributed by atoms with Crippen LogP contribution in [0.25, 0.3) is 6.08 Å². The molecule has 2 saturated heterocycles. The Morgan fingerprint density at radius 1 is 1.50 bits per heavy atom. The second kappa shape index (κ2) is 6.66. The Labute approximate surface area is 150 Å². The Morgan fingerprint density at radius 2 is 2.38 bits per heavy atom. The third-order valence-corrected chi connectivity index (χ3v) is 5.18. The predicted molar refractivity (Wildman–Crippen MR) is 92.6 cm³/mol. The number of halogens is 1. The van der Waals surface area contributed by atoms with Crippen molar-refractivity contribution in [1.29, 1.82) is 0 Å². The molecule has 2 aliphatic rings. The summed E-state index contributed by atoms with van der Waals surface area (Å²) in [6.45, 7) is 0.959. The first-order valence-electron chi connectivity index (χ1n) is 8.59. The molecule has 26 heavy (non-hydrogen) atoms. The van der Waals surface area contributed by atoms with Crippen molar-refractivity contribution >= 4 is 12.0 Å². The molecule has 0 aliphatic carbocycles. The van der Waals surface area contributed by atoms with Crippen molar-refractivity contribution in [3.8, 4) is 0 Å². The average molecular weight is 357 g/mol. The summed E-state index contributed by atoms with van der Waals surface area (Å²) >= 11 is 0. The van der Waals surface area contributed by atoms with Gasteiger partial charge in [0.15, 0.2) is 0 Å². The van der Waals surface area contributed by atoms with Crippen molar-refractivity contribution < 1.29 is 19.0 Å². The molecule has 2 N–H and O–H groups in total. The molecule has 136 valence electrons. The number of H-pyrrole nitrogens is 1. The van der Waals surface area contributed by atoms with Crippen LogP contribution in [-0.4, -0.2) is 57.3 Å². The Hall–Kier alpha value is -2.51. The maximum absolute atomic E-state index is 13.5. The summed E-state index contributed by atoms with van der Waals surface area (Å²) in [6, 6.07) is 6.46. The van der Waals surface area contributed by atoms with Gasteiger partial charge in [-0.15, -0.1) is 0 Å². The molecule has 1 spiro atoms. The van der Waals surface area contributed by atoms with Gasteiger partial charge in [0, 0.05) is 18.5 Å². The van der Waals surface area contributed by atoms with E-state index in [9.17, 15) is 14.3 Å². The first kappa shape index (κ1) is 16.9. The van der Waals surface area contributed by atoms with E-state index in [2.05, 4.69) is 9.97 Å². The highest BCUT2D eigenvalue weighted by molar-refractivity contribution is 5.91. The number of carbonyl (C=O) groups excluding carboxylic acids is 1. The number of benzene rings is 1. The first-order chi connectivity index (χ1) is 12.6. The molecular weight excluding hydrogens is 337 g/mol. The van der Waals surface area contributed by atoms with Crippen LogP contribution in [-0.2, 0) is 9.53 Å². The smallest absolute Gasteiger partial charge is 0.246 e. The van der Waals surface area contributed by atoms with Crippen LogP contribution < -0.4 is 0 Å². The van der Waals surface area contributed by atoms with Crippen LogP contribution in [0.15, 0.2) is 42.9 Å². The first-order valence-corrected chi connectivity index (χ1v) is 8.59. The standard InChI is InChI=1S/C19H20FN3O3/c20-15-3-1-2-13(6-15)14-7-19(26-10-14)11-23(9-17(19)24)18(25)5-4-16-8-21-12-22-16/h1-6,8,12,14,17,24H,7,9-11H2,(H,21,22)/b5-4+/t14-,17-,19-/m1/s1. The summed E-state index contributed by atoms with van der Waals surface area (Å²) in [6.07, 6.45) is 6.07. The molecule has 7 heteroatoms. The quantitative estimate of drug-likeness (QED) is 0.820. The van der Waals surface area contributed by atoms with E-state index in [4.69, 9.17) is 4.74 Å². The van der Waals surface area contributed by atoms with Crippen molar-refractivity contribution in [3.05, 3.63) is 59.9 Å². The van der Waals surface area contributed by atoms with E-state index in [1.807, 2.05) is 6.07 Å². The zero-order valence-corrected chi connectivity index (χ0v) is 14.1. The van der Waals surface area contributed by atoms with Crippen LogP contribution in [0.5, 0.6) is 0 Å². The van der Waals surface area contributed by atoms with Gasteiger partial charge in [-0.1, -0.05) is 12.1 Å². The van der Waals surface area contributed by atoms with Gasteiger partial charge in [0.1, 0.15) is 17.5 Å². The molecule has 0 saturated carbocycles. The van der Waals surface area contributed by atoms with Crippen LogP contribution >= 0.6 is 0 Å². The van der Waals surface area contributed by atoms with E-state index in [1.165, 1.54) is 24.5 Å². The Morgan fingerprint density at radius 3 is 3.15 bits per heavy atom. The lowest BCUT2D eigenvalue weighted by atomic mass is 9.87. The van der Waals surface area contributed by atoms with Crippen LogP contribution in [0.1, 0.15) is 23.6 Å². The second-order valence-electron chi connectivity index (χ2n) is 6.91.